The fraction of sp³-hybridized carbons (Fsp3) is 0.200. The maximum absolute atomic E-state index is 12.1. The molecule has 0 radical (unpaired) electrons. The van der Waals surface area contributed by atoms with Crippen LogP contribution in [0.1, 0.15) is 5.82 Å². The largest absolute Gasteiger partial charge is 0.495 e. The SMILES string of the molecule is COc1cc(N)ccc1S(=O)(=O)Nc1nc(C)no1. The summed E-state index contributed by atoms with van der Waals surface area (Å²) in [4.78, 5) is 3.69. The van der Waals surface area contributed by atoms with Crippen molar-refractivity contribution in [3.8, 4) is 5.75 Å². The highest BCUT2D eigenvalue weighted by Crippen LogP contribution is 2.27. The van der Waals surface area contributed by atoms with Gasteiger partial charge in [0.15, 0.2) is 5.82 Å². The van der Waals surface area contributed by atoms with Crippen LogP contribution >= 0.6 is 0 Å². The Kier molecular flexibility index (Phi) is 3.30. The molecule has 19 heavy (non-hydrogen) atoms. The van der Waals surface area contributed by atoms with Crippen molar-refractivity contribution in [3.05, 3.63) is 24.0 Å². The molecule has 2 aromatic rings. The van der Waals surface area contributed by atoms with Crippen LogP contribution in [0.2, 0.25) is 0 Å². The first kappa shape index (κ1) is 13.1. The maximum atomic E-state index is 12.1. The zero-order valence-corrected chi connectivity index (χ0v) is 11.1. The molecule has 0 aliphatic carbocycles. The number of nitrogens with two attached hydrogens (primary N) is 1. The number of sulfonamides is 1. The zero-order valence-electron chi connectivity index (χ0n) is 10.2. The summed E-state index contributed by atoms with van der Waals surface area (Å²) in [6.45, 7) is 1.57. The predicted molar refractivity (Wildman–Crippen MR) is 67.2 cm³/mol. The summed E-state index contributed by atoms with van der Waals surface area (Å²) in [6.07, 6.45) is 0. The number of nitrogen functional groups attached to an aromatic ring is 1. The molecule has 102 valence electrons. The van der Waals surface area contributed by atoms with Crippen LogP contribution in [0, 0.1) is 6.92 Å². The molecule has 1 aromatic heterocycles. The van der Waals surface area contributed by atoms with Gasteiger partial charge in [-0.25, -0.2) is 13.1 Å². The van der Waals surface area contributed by atoms with Gasteiger partial charge in [0, 0.05) is 11.8 Å². The second kappa shape index (κ2) is 4.76. The van der Waals surface area contributed by atoms with E-state index < -0.39 is 10.0 Å². The lowest BCUT2D eigenvalue weighted by molar-refractivity contribution is 0.403. The van der Waals surface area contributed by atoms with E-state index in [9.17, 15) is 8.42 Å². The first-order chi connectivity index (χ1) is 8.92. The van der Waals surface area contributed by atoms with Gasteiger partial charge >= 0.3 is 6.01 Å². The Balaban J connectivity index is 2.39. The Morgan fingerprint density at radius 3 is 2.74 bits per heavy atom. The standard InChI is InChI=1S/C10H12N4O4S/c1-6-12-10(18-13-6)14-19(15,16)9-4-3-7(11)5-8(9)17-2/h3-5H,11H2,1-2H3,(H,12,13,14). The lowest BCUT2D eigenvalue weighted by Gasteiger charge is -2.09. The number of hydrogen-bond donors (Lipinski definition) is 2. The minimum atomic E-state index is -3.89. The van der Waals surface area contributed by atoms with Crippen molar-refractivity contribution < 1.29 is 17.7 Å². The van der Waals surface area contributed by atoms with E-state index in [1.807, 2.05) is 0 Å². The average molecular weight is 284 g/mol. The van der Waals surface area contributed by atoms with Crippen molar-refractivity contribution in [1.82, 2.24) is 10.1 Å². The Bertz CT molecular complexity index is 695. The summed E-state index contributed by atoms with van der Waals surface area (Å²) in [6, 6.07) is 3.99. The molecule has 1 aromatic carbocycles. The summed E-state index contributed by atoms with van der Waals surface area (Å²) in [5, 5.41) is 3.49. The van der Waals surface area contributed by atoms with Gasteiger partial charge in [-0.15, -0.1) is 0 Å². The number of hydrogen-bond acceptors (Lipinski definition) is 7. The van der Waals surface area contributed by atoms with E-state index in [4.69, 9.17) is 15.0 Å². The van der Waals surface area contributed by atoms with Gasteiger partial charge in [-0.3, -0.25) is 0 Å². The molecule has 9 heteroatoms. The van der Waals surface area contributed by atoms with Gasteiger partial charge in [-0.1, -0.05) is 5.16 Å². The number of aryl methyl sites for hydroxylation is 1. The van der Waals surface area contributed by atoms with Crippen molar-refractivity contribution in [2.75, 3.05) is 17.6 Å². The molecule has 0 unspecified atom stereocenters. The molecule has 0 amide bonds. The third-order valence-corrected chi connectivity index (χ3v) is 3.59. The van der Waals surface area contributed by atoms with E-state index in [1.54, 1.807) is 6.92 Å². The first-order valence-corrected chi connectivity index (χ1v) is 6.67. The first-order valence-electron chi connectivity index (χ1n) is 5.19. The Morgan fingerprint density at radius 2 is 2.16 bits per heavy atom. The minimum Gasteiger partial charge on any atom is -0.495 e. The highest BCUT2D eigenvalue weighted by Gasteiger charge is 2.22. The molecule has 0 saturated carbocycles. The van der Waals surface area contributed by atoms with Gasteiger partial charge in [0.2, 0.25) is 0 Å². The summed E-state index contributed by atoms with van der Waals surface area (Å²) in [5.41, 5.74) is 5.96. The molecule has 0 aliphatic heterocycles. The number of nitrogens with one attached hydrogen (secondary N) is 1. The van der Waals surface area contributed by atoms with Crippen LogP contribution in [0.25, 0.3) is 0 Å². The van der Waals surface area contributed by atoms with Crippen LogP contribution in [0.4, 0.5) is 11.7 Å². The quantitative estimate of drug-likeness (QED) is 0.795. The predicted octanol–water partition coefficient (Wildman–Crippen LogP) is 0.770. The molecular formula is C10H12N4O4S. The van der Waals surface area contributed by atoms with E-state index >= 15 is 0 Å². The van der Waals surface area contributed by atoms with Crippen LogP contribution in [0.15, 0.2) is 27.6 Å². The third kappa shape index (κ3) is 2.76. The monoisotopic (exact) mass is 284 g/mol. The highest BCUT2D eigenvalue weighted by atomic mass is 32.2. The molecule has 0 spiro atoms. The van der Waals surface area contributed by atoms with E-state index in [1.165, 1.54) is 25.3 Å². The number of rotatable bonds is 4. The van der Waals surface area contributed by atoms with Gasteiger partial charge in [0.1, 0.15) is 10.6 Å². The number of aromatic nitrogens is 2. The molecule has 2 rings (SSSR count). The number of benzene rings is 1. The molecule has 0 atom stereocenters. The number of nitrogens with zero attached hydrogens (tertiary/aromatic N) is 2. The summed E-state index contributed by atoms with van der Waals surface area (Å²) < 4.78 is 36.1. The van der Waals surface area contributed by atoms with Crippen molar-refractivity contribution >= 4 is 21.7 Å². The van der Waals surface area contributed by atoms with E-state index in [0.717, 1.165) is 0 Å². The van der Waals surface area contributed by atoms with Crippen molar-refractivity contribution in [2.24, 2.45) is 0 Å². The minimum absolute atomic E-state index is 0.0694. The topological polar surface area (TPSA) is 120 Å². The lowest BCUT2D eigenvalue weighted by atomic mass is 10.3. The molecule has 0 saturated heterocycles. The molecule has 0 bridgehead atoms. The van der Waals surface area contributed by atoms with Gasteiger partial charge in [-0.05, 0) is 19.1 Å². The second-order valence-electron chi connectivity index (χ2n) is 3.66. The van der Waals surface area contributed by atoms with Crippen molar-refractivity contribution in [3.63, 3.8) is 0 Å². The van der Waals surface area contributed by atoms with Crippen LogP contribution < -0.4 is 15.2 Å². The number of anilines is 2. The number of methoxy groups -OCH3 is 1. The Labute approximate surface area is 109 Å². The number of ether oxygens (including phenoxy) is 1. The Hall–Kier alpha value is -2.29. The van der Waals surface area contributed by atoms with Crippen molar-refractivity contribution in [2.45, 2.75) is 11.8 Å². The van der Waals surface area contributed by atoms with E-state index in [-0.39, 0.29) is 16.7 Å². The fourth-order valence-electron chi connectivity index (χ4n) is 1.41. The summed E-state index contributed by atoms with van der Waals surface area (Å²) in [5.74, 6) is 0.450. The highest BCUT2D eigenvalue weighted by molar-refractivity contribution is 7.92. The van der Waals surface area contributed by atoms with Crippen LogP contribution in [0.5, 0.6) is 5.75 Å². The van der Waals surface area contributed by atoms with Crippen LogP contribution in [-0.4, -0.2) is 25.7 Å². The smallest absolute Gasteiger partial charge is 0.335 e. The molecule has 3 N–H and O–H groups in total. The fourth-order valence-corrected chi connectivity index (χ4v) is 2.49. The van der Waals surface area contributed by atoms with Gasteiger partial charge in [-0.2, -0.15) is 4.98 Å². The average Bonchev–Trinajstić information content (AvgIpc) is 2.73. The van der Waals surface area contributed by atoms with Gasteiger partial charge < -0.3 is 15.0 Å². The van der Waals surface area contributed by atoms with E-state index in [2.05, 4.69) is 14.9 Å². The van der Waals surface area contributed by atoms with Gasteiger partial charge in [0.25, 0.3) is 10.0 Å². The maximum Gasteiger partial charge on any atom is 0.335 e. The zero-order chi connectivity index (χ0) is 14.0. The summed E-state index contributed by atoms with van der Waals surface area (Å²) >= 11 is 0. The molecule has 0 aliphatic rings. The lowest BCUT2D eigenvalue weighted by Crippen LogP contribution is -2.14. The molecular weight excluding hydrogens is 272 g/mol. The second-order valence-corrected chi connectivity index (χ2v) is 5.31. The van der Waals surface area contributed by atoms with Gasteiger partial charge in [0.05, 0.1) is 7.11 Å². The van der Waals surface area contributed by atoms with E-state index in [0.29, 0.717) is 11.5 Å². The molecule has 1 heterocycles. The normalized spacial score (nSPS) is 11.3. The van der Waals surface area contributed by atoms with Crippen LogP contribution in [-0.2, 0) is 10.0 Å². The van der Waals surface area contributed by atoms with Crippen molar-refractivity contribution in [1.29, 1.82) is 0 Å². The van der Waals surface area contributed by atoms with Crippen LogP contribution in [0.3, 0.4) is 0 Å². The molecule has 8 nitrogen and oxygen atoms in total. The summed E-state index contributed by atoms with van der Waals surface area (Å²) in [7, 11) is -2.53. The Morgan fingerprint density at radius 1 is 1.42 bits per heavy atom. The molecule has 0 fully saturated rings. The third-order valence-electron chi connectivity index (χ3n) is 2.23.